The van der Waals surface area contributed by atoms with Crippen LogP contribution in [0.3, 0.4) is 0 Å². The zero-order valence-corrected chi connectivity index (χ0v) is 15.4. The van der Waals surface area contributed by atoms with Gasteiger partial charge in [-0.05, 0) is 43.7 Å². The fourth-order valence-electron chi connectivity index (χ4n) is 3.24. The van der Waals surface area contributed by atoms with Gasteiger partial charge in [0.1, 0.15) is 5.75 Å². The normalized spacial score (nSPS) is 12.2. The minimum atomic E-state index is -0.965. The van der Waals surface area contributed by atoms with Gasteiger partial charge in [0.25, 0.3) is 5.91 Å². The number of carbonyl (C=O) groups is 2. The number of aromatic nitrogens is 1. The lowest BCUT2D eigenvalue weighted by atomic mass is 9.98. The molecule has 0 fully saturated rings. The van der Waals surface area contributed by atoms with Gasteiger partial charge >= 0.3 is 5.97 Å². The van der Waals surface area contributed by atoms with Crippen molar-refractivity contribution in [2.45, 2.75) is 19.8 Å². The Labute approximate surface area is 155 Å². The summed E-state index contributed by atoms with van der Waals surface area (Å²) in [6.45, 7) is 3.35. The van der Waals surface area contributed by atoms with Gasteiger partial charge in [0.15, 0.2) is 0 Å². The minimum absolute atomic E-state index is 0.238. The van der Waals surface area contributed by atoms with Crippen LogP contribution in [0.1, 0.15) is 34.5 Å². The Morgan fingerprint density at radius 1 is 1.19 bits per heavy atom. The molecule has 0 aliphatic rings. The highest BCUT2D eigenvalue weighted by Crippen LogP contribution is 2.38. The first kappa shape index (κ1) is 18.0. The van der Waals surface area contributed by atoms with Crippen LogP contribution in [-0.4, -0.2) is 28.7 Å². The second-order valence-corrected chi connectivity index (χ2v) is 6.48. The summed E-state index contributed by atoms with van der Waals surface area (Å²) >= 11 is 6.26. The Morgan fingerprint density at radius 3 is 2.42 bits per heavy atom. The van der Waals surface area contributed by atoms with E-state index in [9.17, 15) is 14.7 Å². The second kappa shape index (κ2) is 6.84. The van der Waals surface area contributed by atoms with Crippen molar-refractivity contribution in [3.05, 3.63) is 64.3 Å². The van der Waals surface area contributed by atoms with Gasteiger partial charge in [-0.3, -0.25) is 14.2 Å². The molecule has 0 amide bonds. The van der Waals surface area contributed by atoms with E-state index in [-0.39, 0.29) is 5.91 Å². The Morgan fingerprint density at radius 2 is 1.85 bits per heavy atom. The molecule has 0 bridgehead atoms. The van der Waals surface area contributed by atoms with Crippen LogP contribution in [0.4, 0.5) is 0 Å². The zero-order chi connectivity index (χ0) is 19.0. The Hall–Kier alpha value is -2.79. The lowest BCUT2D eigenvalue weighted by molar-refractivity contribution is -0.138. The van der Waals surface area contributed by atoms with Crippen LogP contribution >= 0.6 is 11.6 Å². The summed E-state index contributed by atoms with van der Waals surface area (Å²) in [5.74, 6) is -1.55. The first-order valence-electron chi connectivity index (χ1n) is 8.07. The van der Waals surface area contributed by atoms with Gasteiger partial charge in [0, 0.05) is 16.6 Å². The fraction of sp³-hybridized carbons (Fsp3) is 0.200. The Bertz CT molecular complexity index is 1010. The molecule has 3 aromatic rings. The van der Waals surface area contributed by atoms with E-state index in [2.05, 4.69) is 0 Å². The topological polar surface area (TPSA) is 68.5 Å². The molecule has 3 rings (SSSR count). The van der Waals surface area contributed by atoms with E-state index < -0.39 is 11.9 Å². The van der Waals surface area contributed by atoms with Gasteiger partial charge in [-0.25, -0.2) is 0 Å². The summed E-state index contributed by atoms with van der Waals surface area (Å²) in [6, 6.07) is 12.2. The number of benzene rings is 2. The molecular formula is C20H18ClNO4. The van der Waals surface area contributed by atoms with E-state index in [1.807, 2.05) is 6.07 Å². The molecule has 0 radical (unpaired) electrons. The Kier molecular flexibility index (Phi) is 4.74. The van der Waals surface area contributed by atoms with E-state index in [4.69, 9.17) is 16.3 Å². The van der Waals surface area contributed by atoms with Gasteiger partial charge in [-0.2, -0.15) is 0 Å². The summed E-state index contributed by atoms with van der Waals surface area (Å²) in [4.78, 5) is 24.7. The van der Waals surface area contributed by atoms with Crippen LogP contribution in [0.2, 0.25) is 5.02 Å². The third kappa shape index (κ3) is 2.84. The predicted octanol–water partition coefficient (Wildman–Crippen LogP) is 4.49. The number of carbonyl (C=O) groups excluding carboxylic acids is 1. The monoisotopic (exact) mass is 371 g/mol. The molecule has 1 unspecified atom stereocenters. The van der Waals surface area contributed by atoms with Crippen LogP contribution < -0.4 is 4.74 Å². The highest BCUT2D eigenvalue weighted by molar-refractivity contribution is 6.33. The number of halogens is 1. The third-order valence-corrected chi connectivity index (χ3v) is 4.85. The third-order valence-electron chi connectivity index (χ3n) is 4.55. The standard InChI is InChI=1S/C20H18ClNO4/c1-11(20(24)25)18-12(2)22(19(23)13-7-5-4-6-8-13)16-10-15(21)17(26-3)9-14(16)18/h4-11H,1-3H3,(H,24,25). The van der Waals surface area contributed by atoms with Crippen LogP contribution in [0.25, 0.3) is 10.9 Å². The number of rotatable bonds is 4. The number of ether oxygens (including phenoxy) is 1. The molecule has 0 saturated heterocycles. The summed E-state index contributed by atoms with van der Waals surface area (Å²) in [5.41, 5.74) is 2.22. The van der Waals surface area contributed by atoms with E-state index in [0.29, 0.717) is 38.5 Å². The average molecular weight is 372 g/mol. The van der Waals surface area contributed by atoms with E-state index >= 15 is 0 Å². The molecule has 1 N–H and O–H groups in total. The number of fused-ring (bicyclic) bond motifs is 1. The van der Waals surface area contributed by atoms with Gasteiger partial charge in [0.2, 0.25) is 0 Å². The predicted molar refractivity (Wildman–Crippen MR) is 100 cm³/mol. The molecule has 6 heteroatoms. The van der Waals surface area contributed by atoms with Gasteiger partial charge in [-0.1, -0.05) is 29.8 Å². The summed E-state index contributed by atoms with van der Waals surface area (Å²) in [5, 5.41) is 10.5. The number of aliphatic carboxylic acids is 1. The first-order chi connectivity index (χ1) is 12.4. The quantitative estimate of drug-likeness (QED) is 0.733. The molecule has 134 valence electrons. The number of methoxy groups -OCH3 is 1. The number of carboxylic acids is 1. The van der Waals surface area contributed by atoms with E-state index in [1.54, 1.807) is 50.2 Å². The fourth-order valence-corrected chi connectivity index (χ4v) is 3.47. The van der Waals surface area contributed by atoms with Gasteiger partial charge < -0.3 is 9.84 Å². The van der Waals surface area contributed by atoms with Crippen molar-refractivity contribution in [1.82, 2.24) is 4.57 Å². The number of nitrogens with zero attached hydrogens (tertiary/aromatic N) is 1. The van der Waals surface area contributed by atoms with Crippen LogP contribution in [0.5, 0.6) is 5.75 Å². The minimum Gasteiger partial charge on any atom is -0.495 e. The molecule has 1 atom stereocenters. The number of carboxylic acid groups (broad SMARTS) is 1. The molecule has 5 nitrogen and oxygen atoms in total. The largest absolute Gasteiger partial charge is 0.495 e. The van der Waals surface area contributed by atoms with Crippen LogP contribution in [0.15, 0.2) is 42.5 Å². The molecule has 0 aliphatic carbocycles. The molecule has 1 heterocycles. The summed E-state index contributed by atoms with van der Waals surface area (Å²) < 4.78 is 6.79. The number of hydrogen-bond donors (Lipinski definition) is 1. The molecule has 0 aliphatic heterocycles. The number of hydrogen-bond acceptors (Lipinski definition) is 3. The molecule has 0 saturated carbocycles. The van der Waals surface area contributed by atoms with E-state index in [1.165, 1.54) is 11.7 Å². The zero-order valence-electron chi connectivity index (χ0n) is 14.6. The van der Waals surface area contributed by atoms with Crippen molar-refractivity contribution in [1.29, 1.82) is 0 Å². The van der Waals surface area contributed by atoms with Gasteiger partial charge in [0.05, 0.1) is 23.6 Å². The summed E-state index contributed by atoms with van der Waals surface area (Å²) in [6.07, 6.45) is 0. The van der Waals surface area contributed by atoms with Crippen LogP contribution in [0, 0.1) is 6.92 Å². The van der Waals surface area contributed by atoms with Crippen molar-refractivity contribution < 1.29 is 19.4 Å². The highest BCUT2D eigenvalue weighted by Gasteiger charge is 2.27. The SMILES string of the molecule is COc1cc2c(C(C)C(=O)O)c(C)n(C(=O)c3ccccc3)c2cc1Cl. The smallest absolute Gasteiger partial charge is 0.310 e. The maximum Gasteiger partial charge on any atom is 0.310 e. The molecule has 2 aromatic carbocycles. The molecule has 0 spiro atoms. The first-order valence-corrected chi connectivity index (χ1v) is 8.45. The Balaban J connectivity index is 2.36. The highest BCUT2D eigenvalue weighted by atomic mass is 35.5. The van der Waals surface area contributed by atoms with Gasteiger partial charge in [-0.15, -0.1) is 0 Å². The second-order valence-electron chi connectivity index (χ2n) is 6.07. The van der Waals surface area contributed by atoms with E-state index in [0.717, 1.165) is 0 Å². The molecule has 26 heavy (non-hydrogen) atoms. The van der Waals surface area contributed by atoms with Crippen LogP contribution in [-0.2, 0) is 4.79 Å². The lowest BCUT2D eigenvalue weighted by Crippen LogP contribution is -2.15. The van der Waals surface area contributed by atoms with Crippen molar-refractivity contribution in [3.8, 4) is 5.75 Å². The van der Waals surface area contributed by atoms with Crippen molar-refractivity contribution in [3.63, 3.8) is 0 Å². The average Bonchev–Trinajstić information content (AvgIpc) is 2.91. The maximum absolute atomic E-state index is 13.1. The van der Waals surface area contributed by atoms with Crippen molar-refractivity contribution >= 4 is 34.4 Å². The van der Waals surface area contributed by atoms with Crippen molar-refractivity contribution in [2.24, 2.45) is 0 Å². The maximum atomic E-state index is 13.1. The summed E-state index contributed by atoms with van der Waals surface area (Å²) in [7, 11) is 1.49. The van der Waals surface area contributed by atoms with Crippen molar-refractivity contribution in [2.75, 3.05) is 7.11 Å². The molecule has 1 aromatic heterocycles. The molecular weight excluding hydrogens is 354 g/mol. The lowest BCUT2D eigenvalue weighted by Gasteiger charge is -2.09.